The average molecular weight is 333 g/mol. The van der Waals surface area contributed by atoms with Gasteiger partial charge >= 0.3 is 0 Å². The predicted octanol–water partition coefficient (Wildman–Crippen LogP) is 4.69. The molecule has 0 aliphatic carbocycles. The van der Waals surface area contributed by atoms with Gasteiger partial charge in [0.05, 0.1) is 17.2 Å². The Morgan fingerprint density at radius 3 is 2.43 bits per heavy atom. The van der Waals surface area contributed by atoms with E-state index in [0.29, 0.717) is 12.9 Å². The molecular weight excluding hydrogens is 311 g/mol. The van der Waals surface area contributed by atoms with Crippen molar-refractivity contribution in [1.82, 2.24) is 0 Å². The fourth-order valence-electron chi connectivity index (χ4n) is 1.45. The molecule has 0 N–H and O–H groups in total. The maximum Gasteiger partial charge on any atom is 0.192 e. The van der Waals surface area contributed by atoms with Crippen LogP contribution in [0, 0.1) is 5.82 Å². The van der Waals surface area contributed by atoms with Crippen LogP contribution in [0.25, 0.3) is 0 Å². The van der Waals surface area contributed by atoms with E-state index < -0.39 is 14.1 Å². The lowest BCUT2D eigenvalue weighted by molar-refractivity contribution is 0.111. The van der Waals surface area contributed by atoms with Crippen LogP contribution in [0.3, 0.4) is 0 Å². The molecule has 0 aromatic heterocycles. The van der Waals surface area contributed by atoms with Crippen LogP contribution in [0.4, 0.5) is 4.39 Å². The fraction of sp³-hybridized carbons (Fsp3) is 0.533. The molecule has 118 valence electrons. The monoisotopic (exact) mass is 332 g/mol. The van der Waals surface area contributed by atoms with Crippen LogP contribution in [-0.2, 0) is 4.43 Å². The van der Waals surface area contributed by atoms with Gasteiger partial charge in [-0.1, -0.05) is 32.4 Å². The van der Waals surface area contributed by atoms with Crippen LogP contribution in [0.5, 0.6) is 5.75 Å². The van der Waals surface area contributed by atoms with Crippen LogP contribution >= 0.6 is 11.6 Å². The number of carbonyl (C=O) groups excluding carboxylic acids is 1. The first-order chi connectivity index (χ1) is 9.60. The summed E-state index contributed by atoms with van der Waals surface area (Å²) in [6.07, 6.45) is 0.408. The molecule has 0 spiro atoms. The van der Waals surface area contributed by atoms with Crippen molar-refractivity contribution in [3.63, 3.8) is 0 Å². The van der Waals surface area contributed by atoms with Gasteiger partial charge in [-0.25, -0.2) is 4.39 Å². The highest BCUT2D eigenvalue weighted by Crippen LogP contribution is 2.36. The number of aldehydes is 1. The van der Waals surface area contributed by atoms with Gasteiger partial charge in [0.25, 0.3) is 0 Å². The molecule has 6 heteroatoms. The fourth-order valence-corrected chi connectivity index (χ4v) is 2.64. The smallest absolute Gasteiger partial charge is 0.192 e. The average Bonchev–Trinajstić information content (AvgIpc) is 2.37. The van der Waals surface area contributed by atoms with Gasteiger partial charge < -0.3 is 9.16 Å². The van der Waals surface area contributed by atoms with Crippen molar-refractivity contribution in [1.29, 1.82) is 0 Å². The zero-order chi connectivity index (χ0) is 16.3. The minimum Gasteiger partial charge on any atom is -0.490 e. The first-order valence-corrected chi connectivity index (χ1v) is 10.1. The van der Waals surface area contributed by atoms with Gasteiger partial charge in [0.1, 0.15) is 12.4 Å². The van der Waals surface area contributed by atoms with E-state index >= 15 is 0 Å². The highest BCUT2D eigenvalue weighted by atomic mass is 35.5. The molecule has 1 rings (SSSR count). The second-order valence-electron chi connectivity index (χ2n) is 6.35. The van der Waals surface area contributed by atoms with Crippen molar-refractivity contribution < 1.29 is 18.3 Å². The predicted molar refractivity (Wildman–Crippen MR) is 85.4 cm³/mol. The Hall–Kier alpha value is -0.913. The third kappa shape index (κ3) is 4.53. The molecule has 1 aromatic carbocycles. The highest BCUT2D eigenvalue weighted by molar-refractivity contribution is 6.74. The van der Waals surface area contributed by atoms with Gasteiger partial charge in [-0.15, -0.1) is 0 Å². The van der Waals surface area contributed by atoms with E-state index in [2.05, 4.69) is 33.9 Å². The quantitative estimate of drug-likeness (QED) is 0.430. The van der Waals surface area contributed by atoms with E-state index in [1.54, 1.807) is 0 Å². The van der Waals surface area contributed by atoms with Crippen molar-refractivity contribution in [3.8, 4) is 5.75 Å². The zero-order valence-corrected chi connectivity index (χ0v) is 14.9. The first kappa shape index (κ1) is 18.1. The Kier molecular flexibility index (Phi) is 5.96. The molecule has 0 aliphatic heterocycles. The number of benzene rings is 1. The molecule has 0 saturated carbocycles. The summed E-state index contributed by atoms with van der Waals surface area (Å²) in [7, 11) is -1.83. The summed E-state index contributed by atoms with van der Waals surface area (Å²) in [5.41, 5.74) is -0.158. The maximum absolute atomic E-state index is 13.6. The first-order valence-electron chi connectivity index (χ1n) is 6.80. The molecule has 0 atom stereocenters. The van der Waals surface area contributed by atoms with Crippen LogP contribution in [0.15, 0.2) is 12.1 Å². The van der Waals surface area contributed by atoms with Gasteiger partial charge in [0.2, 0.25) is 0 Å². The topological polar surface area (TPSA) is 35.5 Å². The van der Waals surface area contributed by atoms with Crippen molar-refractivity contribution in [2.24, 2.45) is 0 Å². The molecule has 0 bridgehead atoms. The lowest BCUT2D eigenvalue weighted by atomic mass is 10.2. The van der Waals surface area contributed by atoms with Crippen molar-refractivity contribution in [2.45, 2.75) is 38.9 Å². The largest absolute Gasteiger partial charge is 0.490 e. The molecule has 0 fully saturated rings. The number of hydrogen-bond acceptors (Lipinski definition) is 3. The molecule has 3 nitrogen and oxygen atoms in total. The van der Waals surface area contributed by atoms with Crippen molar-refractivity contribution in [3.05, 3.63) is 28.5 Å². The second-order valence-corrected chi connectivity index (χ2v) is 11.6. The standard InChI is InChI=1S/C15H22ClFO3Si/c1-15(2,3)21(4,5)20-9-8-19-13-7-6-12(16)14(17)11(13)10-18/h6-7,10H,8-9H2,1-5H3. The number of halogens is 2. The minimum absolute atomic E-state index is 0.0954. The Labute approximate surface area is 131 Å². The Bertz CT molecular complexity index is 512. The molecule has 0 amide bonds. The Balaban J connectivity index is 2.62. The number of rotatable bonds is 6. The molecular formula is C15H22ClFO3Si. The van der Waals surface area contributed by atoms with E-state index in [1.165, 1.54) is 12.1 Å². The van der Waals surface area contributed by atoms with E-state index in [9.17, 15) is 9.18 Å². The van der Waals surface area contributed by atoms with Crippen LogP contribution < -0.4 is 4.74 Å². The third-order valence-electron chi connectivity index (χ3n) is 3.82. The lowest BCUT2D eigenvalue weighted by Crippen LogP contribution is -2.41. The van der Waals surface area contributed by atoms with Gasteiger partial charge in [0.15, 0.2) is 20.4 Å². The van der Waals surface area contributed by atoms with Gasteiger partial charge in [0, 0.05) is 0 Å². The number of ether oxygens (including phenoxy) is 1. The summed E-state index contributed by atoms with van der Waals surface area (Å²) in [4.78, 5) is 10.9. The van der Waals surface area contributed by atoms with E-state index in [0.717, 1.165) is 0 Å². The summed E-state index contributed by atoms with van der Waals surface area (Å²) in [6.45, 7) is 11.4. The van der Waals surface area contributed by atoms with Crippen molar-refractivity contribution >= 4 is 26.2 Å². The normalized spacial score (nSPS) is 12.3. The number of hydrogen-bond donors (Lipinski definition) is 0. The summed E-state index contributed by atoms with van der Waals surface area (Å²) < 4.78 is 25.0. The Morgan fingerprint density at radius 1 is 1.29 bits per heavy atom. The molecule has 0 unspecified atom stereocenters. The number of carbonyl (C=O) groups is 1. The van der Waals surface area contributed by atoms with Gasteiger partial charge in [-0.3, -0.25) is 4.79 Å². The lowest BCUT2D eigenvalue weighted by Gasteiger charge is -2.36. The summed E-state index contributed by atoms with van der Waals surface area (Å²) in [6, 6.07) is 2.86. The highest BCUT2D eigenvalue weighted by Gasteiger charge is 2.36. The summed E-state index contributed by atoms with van der Waals surface area (Å²) >= 11 is 5.63. The van der Waals surface area contributed by atoms with Crippen LogP contribution in [-0.4, -0.2) is 27.8 Å². The minimum atomic E-state index is -1.83. The van der Waals surface area contributed by atoms with E-state index in [1.807, 2.05) is 0 Å². The van der Waals surface area contributed by atoms with E-state index in [4.69, 9.17) is 20.8 Å². The molecule has 0 radical (unpaired) electrons. The second kappa shape index (κ2) is 6.90. The van der Waals surface area contributed by atoms with Crippen LogP contribution in [0.1, 0.15) is 31.1 Å². The molecule has 0 saturated heterocycles. The van der Waals surface area contributed by atoms with Crippen molar-refractivity contribution in [2.75, 3.05) is 13.2 Å². The molecule has 21 heavy (non-hydrogen) atoms. The SMILES string of the molecule is CC(C)(C)[Si](C)(C)OCCOc1ccc(Cl)c(F)c1C=O. The molecule has 1 aromatic rings. The summed E-state index contributed by atoms with van der Waals surface area (Å²) in [5.74, 6) is -0.569. The Morgan fingerprint density at radius 2 is 1.90 bits per heavy atom. The molecule has 0 aliphatic rings. The zero-order valence-electron chi connectivity index (χ0n) is 13.1. The van der Waals surface area contributed by atoms with E-state index in [-0.39, 0.29) is 28.0 Å². The van der Waals surface area contributed by atoms with Crippen LogP contribution in [0.2, 0.25) is 23.2 Å². The van der Waals surface area contributed by atoms with Gasteiger partial charge in [-0.05, 0) is 30.3 Å². The van der Waals surface area contributed by atoms with Gasteiger partial charge in [-0.2, -0.15) is 0 Å². The summed E-state index contributed by atoms with van der Waals surface area (Å²) in [5, 5.41) is 0.0230. The third-order valence-corrected chi connectivity index (χ3v) is 8.65. The molecule has 0 heterocycles. The maximum atomic E-state index is 13.6.